The number of aryl methyl sites for hydroxylation is 1. The monoisotopic (exact) mass is 313 g/mol. The van der Waals surface area contributed by atoms with Crippen molar-refractivity contribution in [2.24, 2.45) is 0 Å². The maximum Gasteiger partial charge on any atom is 0.321 e. The number of nitrogens with one attached hydrogen (secondary N) is 1. The highest BCUT2D eigenvalue weighted by atomic mass is 16.5. The zero-order valence-corrected chi connectivity index (χ0v) is 13.9. The Labute approximate surface area is 137 Å². The van der Waals surface area contributed by atoms with Crippen LogP contribution < -0.4 is 10.1 Å². The van der Waals surface area contributed by atoms with Gasteiger partial charge in [0.05, 0.1) is 12.3 Å². The van der Waals surface area contributed by atoms with Crippen molar-refractivity contribution in [3.8, 4) is 5.75 Å². The summed E-state index contributed by atoms with van der Waals surface area (Å²) in [6.07, 6.45) is 4.36. The highest BCUT2D eigenvalue weighted by molar-refractivity contribution is 5.90. The van der Waals surface area contributed by atoms with Gasteiger partial charge in [-0.3, -0.25) is 4.98 Å². The van der Waals surface area contributed by atoms with Gasteiger partial charge in [-0.05, 0) is 48.7 Å². The van der Waals surface area contributed by atoms with Crippen LogP contribution in [0, 0.1) is 6.92 Å². The number of rotatable bonds is 6. The summed E-state index contributed by atoms with van der Waals surface area (Å²) in [5, 5.41) is 2.91. The third kappa shape index (κ3) is 4.98. The van der Waals surface area contributed by atoms with Crippen molar-refractivity contribution in [2.75, 3.05) is 19.0 Å². The molecule has 5 nitrogen and oxygen atoms in total. The molecule has 1 aromatic heterocycles. The van der Waals surface area contributed by atoms with E-state index >= 15 is 0 Å². The van der Waals surface area contributed by atoms with Crippen LogP contribution in [-0.2, 0) is 6.54 Å². The second kappa shape index (κ2) is 8.17. The van der Waals surface area contributed by atoms with Crippen LogP contribution in [0.25, 0.3) is 0 Å². The lowest BCUT2D eigenvalue weighted by molar-refractivity contribution is 0.220. The first-order valence-corrected chi connectivity index (χ1v) is 7.74. The molecule has 1 aromatic carbocycles. The predicted molar refractivity (Wildman–Crippen MR) is 91.7 cm³/mol. The SMILES string of the molecule is CCCOc1cc(C)ccc1NC(=O)N(C)Cc1ccncc1. The van der Waals surface area contributed by atoms with Crippen LogP contribution >= 0.6 is 0 Å². The number of urea groups is 1. The lowest BCUT2D eigenvalue weighted by Crippen LogP contribution is -2.31. The number of nitrogens with zero attached hydrogens (tertiary/aromatic N) is 2. The topological polar surface area (TPSA) is 54.5 Å². The number of carbonyl (C=O) groups excluding carboxylic acids is 1. The van der Waals surface area contributed by atoms with Gasteiger partial charge in [0, 0.05) is 26.0 Å². The summed E-state index contributed by atoms with van der Waals surface area (Å²) in [6.45, 7) is 5.20. The molecular weight excluding hydrogens is 290 g/mol. The lowest BCUT2D eigenvalue weighted by Gasteiger charge is -2.19. The van der Waals surface area contributed by atoms with Crippen molar-refractivity contribution in [2.45, 2.75) is 26.8 Å². The van der Waals surface area contributed by atoms with Crippen molar-refractivity contribution in [1.29, 1.82) is 0 Å². The Balaban J connectivity index is 2.04. The van der Waals surface area contributed by atoms with E-state index in [0.29, 0.717) is 24.6 Å². The molecule has 5 heteroatoms. The molecule has 1 heterocycles. The average Bonchev–Trinajstić information content (AvgIpc) is 2.55. The Morgan fingerprint density at radius 3 is 2.70 bits per heavy atom. The number of benzene rings is 1. The van der Waals surface area contributed by atoms with Crippen LogP contribution in [0.1, 0.15) is 24.5 Å². The smallest absolute Gasteiger partial charge is 0.321 e. The average molecular weight is 313 g/mol. The van der Waals surface area contributed by atoms with Gasteiger partial charge in [0.1, 0.15) is 5.75 Å². The van der Waals surface area contributed by atoms with Crippen LogP contribution in [0.2, 0.25) is 0 Å². The van der Waals surface area contributed by atoms with E-state index in [0.717, 1.165) is 17.5 Å². The molecular formula is C18H23N3O2. The first-order valence-electron chi connectivity index (χ1n) is 7.74. The highest BCUT2D eigenvalue weighted by Crippen LogP contribution is 2.26. The van der Waals surface area contributed by atoms with E-state index in [-0.39, 0.29) is 6.03 Å². The van der Waals surface area contributed by atoms with Gasteiger partial charge in [-0.15, -0.1) is 0 Å². The zero-order chi connectivity index (χ0) is 16.7. The summed E-state index contributed by atoms with van der Waals surface area (Å²) in [5.41, 5.74) is 2.82. The quantitative estimate of drug-likeness (QED) is 0.881. The second-order valence-electron chi connectivity index (χ2n) is 5.49. The minimum atomic E-state index is -0.174. The van der Waals surface area contributed by atoms with Crippen LogP contribution in [0.3, 0.4) is 0 Å². The minimum Gasteiger partial charge on any atom is -0.491 e. The van der Waals surface area contributed by atoms with E-state index in [9.17, 15) is 4.79 Å². The van der Waals surface area contributed by atoms with Crippen molar-refractivity contribution in [1.82, 2.24) is 9.88 Å². The molecule has 23 heavy (non-hydrogen) atoms. The maximum absolute atomic E-state index is 12.4. The fraction of sp³-hybridized carbons (Fsp3) is 0.333. The number of hydrogen-bond donors (Lipinski definition) is 1. The number of anilines is 1. The molecule has 0 spiro atoms. The minimum absolute atomic E-state index is 0.174. The van der Waals surface area contributed by atoms with Gasteiger partial charge in [0.25, 0.3) is 0 Å². The third-order valence-electron chi connectivity index (χ3n) is 3.36. The van der Waals surface area contributed by atoms with Gasteiger partial charge in [-0.2, -0.15) is 0 Å². The van der Waals surface area contributed by atoms with Gasteiger partial charge in [-0.1, -0.05) is 13.0 Å². The van der Waals surface area contributed by atoms with E-state index in [1.54, 1.807) is 24.3 Å². The van der Waals surface area contributed by atoms with Gasteiger partial charge >= 0.3 is 6.03 Å². The Hall–Kier alpha value is -2.56. The molecule has 1 N–H and O–H groups in total. The van der Waals surface area contributed by atoms with Crippen molar-refractivity contribution in [3.05, 3.63) is 53.9 Å². The van der Waals surface area contributed by atoms with Crippen molar-refractivity contribution in [3.63, 3.8) is 0 Å². The second-order valence-corrected chi connectivity index (χ2v) is 5.49. The van der Waals surface area contributed by atoms with Crippen molar-refractivity contribution >= 4 is 11.7 Å². The maximum atomic E-state index is 12.4. The Morgan fingerprint density at radius 2 is 2.00 bits per heavy atom. The molecule has 0 aliphatic carbocycles. The number of aromatic nitrogens is 1. The molecule has 2 aromatic rings. The third-order valence-corrected chi connectivity index (χ3v) is 3.36. The summed E-state index contributed by atoms with van der Waals surface area (Å²) in [6, 6.07) is 9.38. The largest absolute Gasteiger partial charge is 0.491 e. The Kier molecular flexibility index (Phi) is 5.97. The lowest BCUT2D eigenvalue weighted by atomic mass is 10.2. The molecule has 0 saturated heterocycles. The van der Waals surface area contributed by atoms with E-state index in [2.05, 4.69) is 17.2 Å². The van der Waals surface area contributed by atoms with E-state index < -0.39 is 0 Å². The van der Waals surface area contributed by atoms with Gasteiger partial charge in [0.15, 0.2) is 0 Å². The standard InChI is InChI=1S/C18H23N3O2/c1-4-11-23-17-12-14(2)5-6-16(17)20-18(22)21(3)13-15-7-9-19-10-8-15/h5-10,12H,4,11,13H2,1-3H3,(H,20,22). The summed E-state index contributed by atoms with van der Waals surface area (Å²) in [7, 11) is 1.76. The molecule has 0 radical (unpaired) electrons. The first kappa shape index (κ1) is 16.8. The van der Waals surface area contributed by atoms with Crippen LogP contribution in [0.15, 0.2) is 42.7 Å². The van der Waals surface area contributed by atoms with Crippen LogP contribution in [0.4, 0.5) is 10.5 Å². The Morgan fingerprint density at radius 1 is 1.26 bits per heavy atom. The molecule has 122 valence electrons. The van der Waals surface area contributed by atoms with Gasteiger partial charge in [0.2, 0.25) is 0 Å². The predicted octanol–water partition coefficient (Wildman–Crippen LogP) is 3.84. The van der Waals surface area contributed by atoms with Gasteiger partial charge in [-0.25, -0.2) is 4.79 Å². The summed E-state index contributed by atoms with van der Waals surface area (Å²) in [4.78, 5) is 18.0. The molecule has 2 amide bonds. The molecule has 0 saturated carbocycles. The van der Waals surface area contributed by atoms with Crippen molar-refractivity contribution < 1.29 is 9.53 Å². The van der Waals surface area contributed by atoms with Gasteiger partial charge < -0.3 is 15.0 Å². The highest BCUT2D eigenvalue weighted by Gasteiger charge is 2.12. The summed E-state index contributed by atoms with van der Waals surface area (Å²) < 4.78 is 5.72. The normalized spacial score (nSPS) is 10.2. The van der Waals surface area contributed by atoms with E-state index in [1.165, 1.54) is 0 Å². The zero-order valence-electron chi connectivity index (χ0n) is 13.9. The molecule has 0 aliphatic heterocycles. The number of hydrogen-bond acceptors (Lipinski definition) is 3. The van der Waals surface area contributed by atoms with E-state index in [1.807, 2.05) is 37.3 Å². The first-order chi connectivity index (χ1) is 11.1. The molecule has 0 atom stereocenters. The summed E-state index contributed by atoms with van der Waals surface area (Å²) in [5.74, 6) is 0.706. The number of amides is 2. The number of ether oxygens (including phenoxy) is 1. The molecule has 0 fully saturated rings. The molecule has 0 aliphatic rings. The summed E-state index contributed by atoms with van der Waals surface area (Å²) >= 11 is 0. The molecule has 0 bridgehead atoms. The van der Waals surface area contributed by atoms with E-state index in [4.69, 9.17) is 4.74 Å². The Bertz CT molecular complexity index is 644. The molecule has 0 unspecified atom stereocenters. The number of pyridine rings is 1. The fourth-order valence-electron chi connectivity index (χ4n) is 2.11. The van der Waals surface area contributed by atoms with Crippen LogP contribution in [-0.4, -0.2) is 29.6 Å². The fourth-order valence-corrected chi connectivity index (χ4v) is 2.11. The molecule has 2 rings (SSSR count). The van der Waals surface area contributed by atoms with Crippen LogP contribution in [0.5, 0.6) is 5.75 Å². The number of carbonyl (C=O) groups is 1.